The molecule has 0 aliphatic rings. The van der Waals surface area contributed by atoms with E-state index in [9.17, 15) is 14.4 Å². The van der Waals surface area contributed by atoms with Gasteiger partial charge in [0.2, 0.25) is 0 Å². The number of rotatable bonds is 8. The van der Waals surface area contributed by atoms with Gasteiger partial charge in [-0.3, -0.25) is 14.4 Å². The fraction of sp³-hybridized carbons (Fsp3) is 0.280. The number of aromatic nitrogens is 1. The van der Waals surface area contributed by atoms with Crippen molar-refractivity contribution in [1.82, 2.24) is 15.6 Å². The summed E-state index contributed by atoms with van der Waals surface area (Å²) in [6, 6.07) is 12.0. The van der Waals surface area contributed by atoms with Crippen LogP contribution in [0, 0.1) is 0 Å². The van der Waals surface area contributed by atoms with Crippen LogP contribution < -0.4 is 25.6 Å². The Hall–Kier alpha value is -4.34. The van der Waals surface area contributed by atoms with E-state index in [1.54, 1.807) is 50.4 Å². The number of amides is 3. The number of hydrogen-bond donors (Lipinski definition) is 3. The van der Waals surface area contributed by atoms with Crippen molar-refractivity contribution in [3.8, 4) is 17.1 Å². The highest BCUT2D eigenvalue weighted by Gasteiger charge is 2.25. The number of carbonyl (C=O) groups is 3. The number of methoxy groups -OCH3 is 1. The summed E-state index contributed by atoms with van der Waals surface area (Å²) in [5.74, 6) is -1.01. The van der Waals surface area contributed by atoms with Crippen LogP contribution in [0.25, 0.3) is 11.3 Å². The molecule has 10 nitrogen and oxygen atoms in total. The quantitative estimate of drug-likeness (QED) is 0.424. The molecule has 0 unspecified atom stereocenters. The van der Waals surface area contributed by atoms with Crippen molar-refractivity contribution in [1.29, 1.82) is 0 Å². The van der Waals surface area contributed by atoms with Gasteiger partial charge in [-0.05, 0) is 50.2 Å². The molecule has 35 heavy (non-hydrogen) atoms. The van der Waals surface area contributed by atoms with Crippen molar-refractivity contribution < 1.29 is 23.5 Å². The first-order valence-electron chi connectivity index (χ1n) is 10.9. The van der Waals surface area contributed by atoms with Gasteiger partial charge in [-0.25, -0.2) is 4.98 Å². The smallest absolute Gasteiger partial charge is 0.313 e. The molecule has 0 spiro atoms. The zero-order valence-electron chi connectivity index (χ0n) is 20.3. The summed E-state index contributed by atoms with van der Waals surface area (Å²) in [5, 5.41) is 7.98. The van der Waals surface area contributed by atoms with Crippen LogP contribution in [0.1, 0.15) is 24.2 Å². The molecule has 1 aromatic heterocycles. The zero-order chi connectivity index (χ0) is 25.6. The Morgan fingerprint density at radius 2 is 1.77 bits per heavy atom. The minimum atomic E-state index is -0.874. The number of hydrogen-bond acceptors (Lipinski definition) is 7. The SMILES string of the molecule is COc1cc(NC(=O)C(=O)NC(C)(C)CNC(=O)c2ccc(N(C)C)cc2)ccc1-c1cnco1. The number of carbonyl (C=O) groups excluding carboxylic acids is 3. The predicted octanol–water partition coefficient (Wildman–Crippen LogP) is 2.68. The molecule has 3 N–H and O–H groups in total. The van der Waals surface area contributed by atoms with Gasteiger partial charge >= 0.3 is 11.8 Å². The van der Waals surface area contributed by atoms with Crippen LogP contribution in [0.15, 0.2) is 59.5 Å². The van der Waals surface area contributed by atoms with Crippen molar-refractivity contribution in [2.45, 2.75) is 19.4 Å². The average Bonchev–Trinajstić information content (AvgIpc) is 3.37. The Kier molecular flexibility index (Phi) is 7.75. The van der Waals surface area contributed by atoms with Gasteiger partial charge in [0, 0.05) is 43.6 Å². The molecule has 2 aromatic carbocycles. The number of anilines is 2. The Bertz CT molecular complexity index is 1190. The van der Waals surface area contributed by atoms with Crippen molar-refractivity contribution in [3.63, 3.8) is 0 Å². The lowest BCUT2D eigenvalue weighted by atomic mass is 10.1. The Balaban J connectivity index is 1.56. The largest absolute Gasteiger partial charge is 0.496 e. The monoisotopic (exact) mass is 479 g/mol. The van der Waals surface area contributed by atoms with Crippen LogP contribution in [-0.2, 0) is 9.59 Å². The summed E-state index contributed by atoms with van der Waals surface area (Å²) in [7, 11) is 5.32. The maximum Gasteiger partial charge on any atom is 0.313 e. The third-order valence-electron chi connectivity index (χ3n) is 5.15. The summed E-state index contributed by atoms with van der Waals surface area (Å²) in [6.45, 7) is 3.55. The molecule has 0 bridgehead atoms. The number of benzene rings is 2. The number of oxazole rings is 1. The Morgan fingerprint density at radius 3 is 2.37 bits per heavy atom. The Morgan fingerprint density at radius 1 is 1.06 bits per heavy atom. The molecule has 0 saturated heterocycles. The van der Waals surface area contributed by atoms with E-state index in [0.29, 0.717) is 28.3 Å². The van der Waals surface area contributed by atoms with Crippen molar-refractivity contribution in [2.24, 2.45) is 0 Å². The van der Waals surface area contributed by atoms with Gasteiger partial charge in [0.05, 0.1) is 24.4 Å². The van der Waals surface area contributed by atoms with E-state index in [-0.39, 0.29) is 12.5 Å². The summed E-state index contributed by atoms with van der Waals surface area (Å²) < 4.78 is 10.6. The van der Waals surface area contributed by atoms with Gasteiger partial charge < -0.3 is 30.0 Å². The van der Waals surface area contributed by atoms with Crippen molar-refractivity contribution in [2.75, 3.05) is 38.0 Å². The number of nitrogens with zero attached hydrogens (tertiary/aromatic N) is 2. The minimum Gasteiger partial charge on any atom is -0.496 e. The van der Waals surface area contributed by atoms with E-state index in [4.69, 9.17) is 9.15 Å². The van der Waals surface area contributed by atoms with Crippen LogP contribution >= 0.6 is 0 Å². The first kappa shape index (κ1) is 25.3. The second kappa shape index (κ2) is 10.7. The normalized spacial score (nSPS) is 10.9. The van der Waals surface area contributed by atoms with Gasteiger partial charge in [-0.1, -0.05) is 0 Å². The van der Waals surface area contributed by atoms with Crippen molar-refractivity contribution in [3.05, 3.63) is 60.6 Å². The lowest BCUT2D eigenvalue weighted by Gasteiger charge is -2.26. The first-order valence-corrected chi connectivity index (χ1v) is 10.9. The summed E-state index contributed by atoms with van der Waals surface area (Å²) in [5.41, 5.74) is 1.63. The van der Waals surface area contributed by atoms with Gasteiger partial charge in [-0.2, -0.15) is 0 Å². The lowest BCUT2D eigenvalue weighted by molar-refractivity contribution is -0.137. The predicted molar refractivity (Wildman–Crippen MR) is 132 cm³/mol. The molecule has 0 fully saturated rings. The third kappa shape index (κ3) is 6.59. The maximum absolute atomic E-state index is 12.5. The zero-order valence-corrected chi connectivity index (χ0v) is 20.3. The number of nitrogens with one attached hydrogen (secondary N) is 3. The molecule has 0 aliphatic heterocycles. The second-order valence-corrected chi connectivity index (χ2v) is 8.70. The maximum atomic E-state index is 12.5. The molecule has 0 radical (unpaired) electrons. The van der Waals surface area contributed by atoms with E-state index in [1.165, 1.54) is 13.5 Å². The highest BCUT2D eigenvalue weighted by atomic mass is 16.5. The Labute approximate surface area is 203 Å². The molecule has 3 amide bonds. The molecule has 3 aromatic rings. The van der Waals surface area contributed by atoms with Crippen LogP contribution in [0.5, 0.6) is 5.75 Å². The minimum absolute atomic E-state index is 0.125. The molecule has 184 valence electrons. The number of ether oxygens (including phenoxy) is 1. The van der Waals surface area contributed by atoms with E-state index in [1.807, 2.05) is 31.1 Å². The van der Waals surface area contributed by atoms with Gasteiger partial charge in [0.1, 0.15) is 5.75 Å². The fourth-order valence-electron chi connectivity index (χ4n) is 3.23. The van der Waals surface area contributed by atoms with Gasteiger partial charge in [-0.15, -0.1) is 0 Å². The summed E-state index contributed by atoms with van der Waals surface area (Å²) in [4.78, 5) is 43.2. The van der Waals surface area contributed by atoms with Gasteiger partial charge in [0.15, 0.2) is 12.2 Å². The van der Waals surface area contributed by atoms with Crippen LogP contribution in [-0.4, -0.2) is 56.0 Å². The van der Waals surface area contributed by atoms with E-state index in [2.05, 4.69) is 20.9 Å². The summed E-state index contributed by atoms with van der Waals surface area (Å²) in [6.07, 6.45) is 2.85. The topological polar surface area (TPSA) is 126 Å². The van der Waals surface area contributed by atoms with Crippen LogP contribution in [0.4, 0.5) is 11.4 Å². The standard InChI is InChI=1S/C25H29N5O5/c1-25(2,14-27-22(31)16-6-9-18(10-7-16)30(3)4)29-24(33)23(32)28-17-8-11-19(20(12-17)34-5)21-13-26-15-35-21/h6-13,15H,14H2,1-5H3,(H,27,31)(H,28,32)(H,29,33). The van der Waals surface area contributed by atoms with Crippen LogP contribution in [0.2, 0.25) is 0 Å². The third-order valence-corrected chi connectivity index (χ3v) is 5.15. The highest BCUT2D eigenvalue weighted by molar-refractivity contribution is 6.39. The first-order chi connectivity index (χ1) is 16.6. The molecule has 0 saturated carbocycles. The molecule has 0 aliphatic carbocycles. The van der Waals surface area contributed by atoms with Gasteiger partial charge in [0.25, 0.3) is 5.91 Å². The van der Waals surface area contributed by atoms with E-state index < -0.39 is 17.4 Å². The molecular weight excluding hydrogens is 450 g/mol. The summed E-state index contributed by atoms with van der Waals surface area (Å²) >= 11 is 0. The highest BCUT2D eigenvalue weighted by Crippen LogP contribution is 2.32. The fourth-order valence-corrected chi connectivity index (χ4v) is 3.23. The van der Waals surface area contributed by atoms with Crippen LogP contribution in [0.3, 0.4) is 0 Å². The van der Waals surface area contributed by atoms with Crippen molar-refractivity contribution >= 4 is 29.1 Å². The lowest BCUT2D eigenvalue weighted by Crippen LogP contribution is -2.54. The molecule has 1 heterocycles. The molecule has 3 rings (SSSR count). The van der Waals surface area contributed by atoms with E-state index in [0.717, 1.165) is 5.69 Å². The average molecular weight is 480 g/mol. The second-order valence-electron chi connectivity index (χ2n) is 8.70. The van der Waals surface area contributed by atoms with E-state index >= 15 is 0 Å². The molecule has 0 atom stereocenters. The molecular formula is C25H29N5O5. The molecule has 10 heteroatoms.